The molecule has 17 heavy (non-hydrogen) atoms. The number of carbonyl (C=O) groups excluding carboxylic acids is 1. The fourth-order valence-corrected chi connectivity index (χ4v) is 2.16. The van der Waals surface area contributed by atoms with Crippen LogP contribution < -0.4 is 11.1 Å². The minimum atomic E-state index is -0.716. The van der Waals surface area contributed by atoms with Gasteiger partial charge < -0.3 is 11.1 Å². The van der Waals surface area contributed by atoms with Crippen LogP contribution >= 0.6 is 11.6 Å². The Morgan fingerprint density at radius 3 is 2.71 bits per heavy atom. The van der Waals surface area contributed by atoms with E-state index in [1.165, 1.54) is 12.8 Å². The molecule has 0 saturated heterocycles. The zero-order valence-electron chi connectivity index (χ0n) is 9.87. The van der Waals surface area contributed by atoms with Gasteiger partial charge in [-0.1, -0.05) is 36.6 Å². The van der Waals surface area contributed by atoms with E-state index in [-0.39, 0.29) is 5.91 Å². The molecule has 0 radical (unpaired) electrons. The average molecular weight is 253 g/mol. The molecule has 92 valence electrons. The van der Waals surface area contributed by atoms with Gasteiger partial charge in [0.25, 0.3) is 0 Å². The molecular formula is C13H17ClN2O. The Hall–Kier alpha value is -1.22. The number of anilines is 1. The highest BCUT2D eigenvalue weighted by Gasteiger charge is 2.38. The van der Waals surface area contributed by atoms with Gasteiger partial charge in [-0.2, -0.15) is 0 Å². The number of carbonyl (C=O) groups is 1. The van der Waals surface area contributed by atoms with E-state index in [1.807, 2.05) is 25.1 Å². The highest BCUT2D eigenvalue weighted by molar-refractivity contribution is 6.33. The summed E-state index contributed by atoms with van der Waals surface area (Å²) in [6.45, 7) is 1.84. The van der Waals surface area contributed by atoms with Gasteiger partial charge in [0.2, 0.25) is 5.91 Å². The number of rotatable bonds is 5. The smallest absolute Gasteiger partial charge is 0.242 e. The number of hydrogen-bond acceptors (Lipinski definition) is 2. The summed E-state index contributed by atoms with van der Waals surface area (Å²) < 4.78 is 0. The second-order valence-electron chi connectivity index (χ2n) is 4.95. The van der Waals surface area contributed by atoms with Crippen molar-refractivity contribution >= 4 is 23.2 Å². The van der Waals surface area contributed by atoms with Gasteiger partial charge in [0.15, 0.2) is 0 Å². The summed E-state index contributed by atoms with van der Waals surface area (Å²) in [7, 11) is 0. The van der Waals surface area contributed by atoms with E-state index < -0.39 is 5.54 Å². The van der Waals surface area contributed by atoms with Gasteiger partial charge in [-0.3, -0.25) is 4.79 Å². The summed E-state index contributed by atoms with van der Waals surface area (Å²) in [5.74, 6) is 0.284. The first kappa shape index (κ1) is 12.2. The Morgan fingerprint density at radius 1 is 1.53 bits per heavy atom. The van der Waals surface area contributed by atoms with Crippen LogP contribution in [0.5, 0.6) is 0 Å². The zero-order valence-corrected chi connectivity index (χ0v) is 10.6. The number of amides is 1. The summed E-state index contributed by atoms with van der Waals surface area (Å²) in [5.41, 5.74) is 5.54. The molecule has 0 spiro atoms. The number of hydrogen-bond donors (Lipinski definition) is 2. The van der Waals surface area contributed by atoms with E-state index in [0.29, 0.717) is 10.9 Å². The van der Waals surface area contributed by atoms with Gasteiger partial charge in [0, 0.05) is 0 Å². The largest absolute Gasteiger partial charge is 0.370 e. The van der Waals surface area contributed by atoms with Gasteiger partial charge in [-0.25, -0.2) is 0 Å². The molecule has 4 heteroatoms. The molecule has 1 fully saturated rings. The molecule has 3 nitrogen and oxygen atoms in total. The molecule has 3 N–H and O–H groups in total. The van der Waals surface area contributed by atoms with Crippen LogP contribution in [0, 0.1) is 5.92 Å². The molecule has 1 aliphatic carbocycles. The maximum Gasteiger partial charge on any atom is 0.242 e. The number of benzene rings is 1. The quantitative estimate of drug-likeness (QED) is 0.847. The molecule has 1 unspecified atom stereocenters. The third-order valence-corrected chi connectivity index (χ3v) is 3.55. The number of para-hydroxylation sites is 1. The number of nitrogens with one attached hydrogen (secondary N) is 1. The Balaban J connectivity index is 2.17. The van der Waals surface area contributed by atoms with E-state index in [4.69, 9.17) is 17.3 Å². The van der Waals surface area contributed by atoms with Crippen LogP contribution in [0.25, 0.3) is 0 Å². The molecular weight excluding hydrogens is 236 g/mol. The van der Waals surface area contributed by atoms with Crippen molar-refractivity contribution in [1.82, 2.24) is 0 Å². The maximum absolute atomic E-state index is 11.6. The van der Waals surface area contributed by atoms with E-state index in [1.54, 1.807) is 6.07 Å². The number of nitrogens with two attached hydrogens (primary N) is 1. The molecule has 1 aromatic carbocycles. The summed E-state index contributed by atoms with van der Waals surface area (Å²) in [4.78, 5) is 11.6. The van der Waals surface area contributed by atoms with Crippen molar-refractivity contribution in [2.45, 2.75) is 31.7 Å². The zero-order chi connectivity index (χ0) is 12.5. The summed E-state index contributed by atoms with van der Waals surface area (Å²) in [6, 6.07) is 7.39. The van der Waals surface area contributed by atoms with Crippen molar-refractivity contribution in [2.75, 3.05) is 5.32 Å². The predicted octanol–water partition coefficient (Wildman–Crippen LogP) is 2.80. The van der Waals surface area contributed by atoms with Gasteiger partial charge in [0.05, 0.1) is 10.7 Å². The second kappa shape index (κ2) is 4.57. The van der Waals surface area contributed by atoms with Crippen molar-refractivity contribution in [3.05, 3.63) is 29.3 Å². The average Bonchev–Trinajstić information content (AvgIpc) is 3.05. The summed E-state index contributed by atoms with van der Waals surface area (Å²) >= 11 is 6.07. The topological polar surface area (TPSA) is 55.1 Å². The van der Waals surface area contributed by atoms with E-state index >= 15 is 0 Å². The van der Waals surface area contributed by atoms with Crippen LogP contribution in [0.4, 0.5) is 5.69 Å². The van der Waals surface area contributed by atoms with Crippen LogP contribution in [0.3, 0.4) is 0 Å². The Bertz CT molecular complexity index is 431. The normalized spacial score (nSPS) is 18.5. The second-order valence-corrected chi connectivity index (χ2v) is 5.36. The van der Waals surface area contributed by atoms with Crippen molar-refractivity contribution in [2.24, 2.45) is 11.7 Å². The van der Waals surface area contributed by atoms with Crippen LogP contribution in [-0.2, 0) is 4.79 Å². The maximum atomic E-state index is 11.6. The Morgan fingerprint density at radius 2 is 2.18 bits per heavy atom. The molecule has 0 aliphatic heterocycles. The molecule has 2 rings (SSSR count). The molecule has 1 aliphatic rings. The number of halogens is 1. The Kier molecular flexibility index (Phi) is 3.29. The highest BCUT2D eigenvalue weighted by Crippen LogP contribution is 2.38. The first-order valence-electron chi connectivity index (χ1n) is 5.84. The van der Waals surface area contributed by atoms with Crippen LogP contribution in [0.1, 0.15) is 26.2 Å². The van der Waals surface area contributed by atoms with Crippen LogP contribution in [0.2, 0.25) is 5.02 Å². The SMILES string of the molecule is CC(CC1CC1)(Nc1ccccc1Cl)C(N)=O. The lowest BCUT2D eigenvalue weighted by molar-refractivity contribution is -0.122. The summed E-state index contributed by atoms with van der Waals surface area (Å²) in [6.07, 6.45) is 3.15. The predicted molar refractivity (Wildman–Crippen MR) is 70.0 cm³/mol. The van der Waals surface area contributed by atoms with E-state index in [2.05, 4.69) is 5.32 Å². The lowest BCUT2D eigenvalue weighted by Crippen LogP contribution is -2.48. The summed E-state index contributed by atoms with van der Waals surface area (Å²) in [5, 5.41) is 3.80. The molecule has 1 amide bonds. The molecule has 0 aromatic heterocycles. The fourth-order valence-electron chi connectivity index (χ4n) is 1.97. The molecule has 0 bridgehead atoms. The third-order valence-electron chi connectivity index (χ3n) is 3.22. The van der Waals surface area contributed by atoms with Crippen LogP contribution in [-0.4, -0.2) is 11.4 Å². The van der Waals surface area contributed by atoms with Crippen molar-refractivity contribution in [3.63, 3.8) is 0 Å². The minimum absolute atomic E-state index is 0.329. The lowest BCUT2D eigenvalue weighted by atomic mass is 9.93. The molecule has 1 saturated carbocycles. The van der Waals surface area contributed by atoms with Crippen molar-refractivity contribution in [3.8, 4) is 0 Å². The van der Waals surface area contributed by atoms with Gasteiger partial charge in [-0.05, 0) is 31.4 Å². The lowest BCUT2D eigenvalue weighted by Gasteiger charge is -2.29. The van der Waals surface area contributed by atoms with E-state index in [0.717, 1.165) is 12.1 Å². The third kappa shape index (κ3) is 2.91. The molecule has 1 atom stereocenters. The first-order chi connectivity index (χ1) is 8.01. The van der Waals surface area contributed by atoms with E-state index in [9.17, 15) is 4.79 Å². The monoisotopic (exact) mass is 252 g/mol. The van der Waals surface area contributed by atoms with Gasteiger partial charge in [-0.15, -0.1) is 0 Å². The standard InChI is InChI=1S/C13H17ClN2O/c1-13(12(15)17,8-9-6-7-9)16-11-5-3-2-4-10(11)14/h2-5,9,16H,6-8H2,1H3,(H2,15,17). The minimum Gasteiger partial charge on any atom is -0.370 e. The van der Waals surface area contributed by atoms with Crippen molar-refractivity contribution < 1.29 is 4.79 Å². The van der Waals surface area contributed by atoms with Gasteiger partial charge in [0.1, 0.15) is 5.54 Å². The highest BCUT2D eigenvalue weighted by atomic mass is 35.5. The molecule has 0 heterocycles. The van der Waals surface area contributed by atoms with Crippen molar-refractivity contribution in [1.29, 1.82) is 0 Å². The molecule has 1 aromatic rings. The van der Waals surface area contributed by atoms with Crippen LogP contribution in [0.15, 0.2) is 24.3 Å². The Labute approximate surface area is 106 Å². The van der Waals surface area contributed by atoms with Gasteiger partial charge >= 0.3 is 0 Å². The first-order valence-corrected chi connectivity index (χ1v) is 6.22. The number of primary amides is 1. The fraction of sp³-hybridized carbons (Fsp3) is 0.462.